The molecule has 1 aromatic rings. The first-order valence-electron chi connectivity index (χ1n) is 14.3. The van der Waals surface area contributed by atoms with E-state index in [-0.39, 0.29) is 33.2 Å². The molecule has 1 heterocycles. The summed E-state index contributed by atoms with van der Waals surface area (Å²) in [6.07, 6.45) is 7.83. The molecule has 6 atom stereocenters. The van der Waals surface area contributed by atoms with Crippen molar-refractivity contribution in [2.24, 2.45) is 34.5 Å². The third kappa shape index (κ3) is 4.20. The smallest absolute Gasteiger partial charge is 0.297 e. The first-order valence-corrected chi connectivity index (χ1v) is 15.7. The molecule has 8 heteroatoms. The molecule has 0 unspecified atom stereocenters. The first kappa shape index (κ1) is 27.3. The Morgan fingerprint density at radius 1 is 1.00 bits per heavy atom. The zero-order chi connectivity index (χ0) is 28.0. The van der Waals surface area contributed by atoms with Crippen LogP contribution in [-0.4, -0.2) is 38.2 Å². The van der Waals surface area contributed by atoms with Crippen LogP contribution in [-0.2, 0) is 33.4 Å². The molecule has 7 nitrogen and oxygen atoms in total. The molecule has 212 valence electrons. The molecule has 0 aromatic heterocycles. The van der Waals surface area contributed by atoms with Crippen LogP contribution in [0.25, 0.3) is 0 Å². The third-order valence-corrected chi connectivity index (χ3v) is 12.2. The van der Waals surface area contributed by atoms with Crippen molar-refractivity contribution in [1.29, 1.82) is 0 Å². The number of hydrogen-bond donors (Lipinski definition) is 0. The van der Waals surface area contributed by atoms with Crippen LogP contribution in [0.15, 0.2) is 40.8 Å². The maximum atomic E-state index is 13.4. The Balaban J connectivity index is 1.18. The van der Waals surface area contributed by atoms with Crippen molar-refractivity contribution in [3.05, 3.63) is 41.5 Å². The van der Waals surface area contributed by atoms with Gasteiger partial charge in [0.05, 0.1) is 4.90 Å². The maximum Gasteiger partial charge on any atom is 0.297 e. The van der Waals surface area contributed by atoms with Gasteiger partial charge in [-0.25, -0.2) is 0 Å². The number of Topliss-reactive ketones (excluding diaryl/α,β-unsaturated/α-hetero) is 1. The lowest BCUT2D eigenvalue weighted by atomic mass is 9.46. The molecule has 1 aliphatic heterocycles. The molecule has 4 fully saturated rings. The number of carbonyl (C=O) groups excluding carboxylic acids is 2. The quantitative estimate of drug-likeness (QED) is 0.442. The fourth-order valence-electron chi connectivity index (χ4n) is 9.16. The van der Waals surface area contributed by atoms with Gasteiger partial charge in [-0.05, 0) is 106 Å². The molecule has 39 heavy (non-hydrogen) atoms. The molecule has 1 saturated heterocycles. The number of benzene rings is 1. The summed E-state index contributed by atoms with van der Waals surface area (Å²) in [6, 6.07) is 6.47. The molecule has 3 saturated carbocycles. The van der Waals surface area contributed by atoms with Crippen molar-refractivity contribution in [3.8, 4) is 0 Å². The van der Waals surface area contributed by atoms with Crippen molar-refractivity contribution in [3.63, 3.8) is 0 Å². The standard InChI is InChI=1S/C31H40O7S/c1-19-6-9-21(10-7-19)39(34,35)36-17-26(32)25-13-12-23-22-11-8-20-16-27(33)31(37-28(2,3)38-31)18-30(20,5)24(22)14-15-29(23,25)4/h6-7,9-10,16,22-25H,8,11-15,17-18H2,1-5H3/t22-,23-,24-,25-,29-,30-/m0/s1. The fraction of sp³-hybridized carbons (Fsp3) is 0.677. The van der Waals surface area contributed by atoms with E-state index in [4.69, 9.17) is 13.7 Å². The topological polar surface area (TPSA) is 96.0 Å². The number of rotatable bonds is 5. The second-order valence-corrected chi connectivity index (χ2v) is 15.2. The van der Waals surface area contributed by atoms with Crippen LogP contribution in [0.4, 0.5) is 0 Å². The Morgan fingerprint density at radius 2 is 1.69 bits per heavy atom. The van der Waals surface area contributed by atoms with Gasteiger partial charge in [0.15, 0.2) is 11.6 Å². The molecule has 1 spiro atoms. The van der Waals surface area contributed by atoms with Gasteiger partial charge in [0.1, 0.15) is 6.61 Å². The average Bonchev–Trinajstić information content (AvgIpc) is 3.20. The van der Waals surface area contributed by atoms with Crippen LogP contribution >= 0.6 is 0 Å². The fourth-order valence-corrected chi connectivity index (χ4v) is 10.0. The van der Waals surface area contributed by atoms with Crippen molar-refractivity contribution in [2.75, 3.05) is 6.61 Å². The normalized spacial score (nSPS) is 38.3. The minimum Gasteiger partial charge on any atom is -0.311 e. The van der Waals surface area contributed by atoms with Gasteiger partial charge < -0.3 is 9.47 Å². The summed E-state index contributed by atoms with van der Waals surface area (Å²) < 4.78 is 42.8. The van der Waals surface area contributed by atoms with Crippen LogP contribution in [0.3, 0.4) is 0 Å². The molecule has 0 bridgehead atoms. The molecule has 5 aliphatic rings. The molecule has 4 aliphatic carbocycles. The number of allylic oxidation sites excluding steroid dienone is 1. The van der Waals surface area contributed by atoms with Crippen LogP contribution in [0.1, 0.15) is 78.2 Å². The molecular weight excluding hydrogens is 516 g/mol. The molecule has 0 amide bonds. The summed E-state index contributed by atoms with van der Waals surface area (Å²) in [5, 5.41) is 0. The van der Waals surface area contributed by atoms with Gasteiger partial charge in [0.25, 0.3) is 10.1 Å². The van der Waals surface area contributed by atoms with E-state index in [1.165, 1.54) is 17.7 Å². The lowest BCUT2D eigenvalue weighted by Crippen LogP contribution is -2.68. The average molecular weight is 557 g/mol. The van der Waals surface area contributed by atoms with Gasteiger partial charge in [0, 0.05) is 12.3 Å². The Bertz CT molecular complexity index is 1340. The lowest BCUT2D eigenvalue weighted by Gasteiger charge is -2.62. The Kier molecular flexibility index (Phi) is 6.17. The van der Waals surface area contributed by atoms with E-state index in [2.05, 4.69) is 13.8 Å². The van der Waals surface area contributed by atoms with Crippen LogP contribution in [0, 0.1) is 41.4 Å². The highest BCUT2D eigenvalue weighted by molar-refractivity contribution is 7.86. The van der Waals surface area contributed by atoms with E-state index in [0.29, 0.717) is 24.2 Å². The van der Waals surface area contributed by atoms with Crippen LogP contribution < -0.4 is 0 Å². The molecular formula is C31H40O7S. The van der Waals surface area contributed by atoms with Gasteiger partial charge in [-0.3, -0.25) is 13.8 Å². The first-order chi connectivity index (χ1) is 18.2. The molecule has 6 rings (SSSR count). The summed E-state index contributed by atoms with van der Waals surface area (Å²) in [4.78, 5) is 26.5. The third-order valence-electron chi connectivity index (χ3n) is 10.9. The zero-order valence-electron chi connectivity index (χ0n) is 23.6. The van der Waals surface area contributed by atoms with Gasteiger partial charge in [-0.1, -0.05) is 37.1 Å². The Morgan fingerprint density at radius 3 is 2.36 bits per heavy atom. The highest BCUT2D eigenvalue weighted by atomic mass is 32.2. The summed E-state index contributed by atoms with van der Waals surface area (Å²) in [5.74, 6) is -1.09. The second kappa shape index (κ2) is 8.81. The molecule has 0 N–H and O–H groups in total. The maximum absolute atomic E-state index is 13.4. The number of ketones is 2. The number of carbonyl (C=O) groups is 2. The highest BCUT2D eigenvalue weighted by Gasteiger charge is 2.66. The minimum atomic E-state index is -3.99. The van der Waals surface area contributed by atoms with Crippen LogP contribution in [0.2, 0.25) is 0 Å². The highest BCUT2D eigenvalue weighted by Crippen LogP contribution is 2.68. The number of fused-ring (bicyclic) bond motifs is 5. The van der Waals surface area contributed by atoms with Crippen molar-refractivity contribution in [2.45, 2.75) is 96.0 Å². The second-order valence-electron chi connectivity index (χ2n) is 13.6. The molecule has 1 aromatic carbocycles. The van der Waals surface area contributed by atoms with E-state index in [1.54, 1.807) is 18.2 Å². The van der Waals surface area contributed by atoms with Crippen molar-refractivity contribution in [1.82, 2.24) is 0 Å². The largest absolute Gasteiger partial charge is 0.311 e. The van der Waals surface area contributed by atoms with Gasteiger partial charge in [-0.2, -0.15) is 8.42 Å². The van der Waals surface area contributed by atoms with E-state index in [9.17, 15) is 18.0 Å². The van der Waals surface area contributed by atoms with Gasteiger partial charge >= 0.3 is 0 Å². The summed E-state index contributed by atoms with van der Waals surface area (Å²) in [7, 11) is -3.99. The number of hydrogen-bond acceptors (Lipinski definition) is 7. The van der Waals surface area contributed by atoms with E-state index in [1.807, 2.05) is 20.8 Å². The van der Waals surface area contributed by atoms with E-state index in [0.717, 1.165) is 44.1 Å². The van der Waals surface area contributed by atoms with Crippen LogP contribution in [0.5, 0.6) is 0 Å². The van der Waals surface area contributed by atoms with Gasteiger partial charge in [0.2, 0.25) is 11.6 Å². The summed E-state index contributed by atoms with van der Waals surface area (Å²) in [6.45, 7) is 9.67. The van der Waals surface area contributed by atoms with Crippen molar-refractivity contribution >= 4 is 21.7 Å². The zero-order valence-corrected chi connectivity index (χ0v) is 24.4. The number of ether oxygens (including phenoxy) is 2. The van der Waals surface area contributed by atoms with E-state index >= 15 is 0 Å². The Labute approximate surface area is 231 Å². The summed E-state index contributed by atoms with van der Waals surface area (Å²) >= 11 is 0. The summed E-state index contributed by atoms with van der Waals surface area (Å²) in [5.41, 5.74) is 1.82. The Hall–Kier alpha value is -1.87. The predicted molar refractivity (Wildman–Crippen MR) is 144 cm³/mol. The molecule has 0 radical (unpaired) electrons. The monoisotopic (exact) mass is 556 g/mol. The predicted octanol–water partition coefficient (Wildman–Crippen LogP) is 5.51. The lowest BCUT2D eigenvalue weighted by molar-refractivity contribution is -0.482. The number of aryl methyl sites for hydroxylation is 1. The minimum absolute atomic E-state index is 0.0690. The van der Waals surface area contributed by atoms with Gasteiger partial charge in [-0.15, -0.1) is 0 Å². The SMILES string of the molecule is Cc1ccc(S(=O)(=O)OCC(=O)[C@@H]2CC[C@H]3[C@@H]4CCC5=CC(=O)C6(C[C@]5(C)[C@H]4CC[C@]23C)OC(C)(C)O6)cc1. The van der Waals surface area contributed by atoms with E-state index < -0.39 is 28.3 Å². The van der Waals surface area contributed by atoms with Crippen molar-refractivity contribution < 1.29 is 31.7 Å².